The summed E-state index contributed by atoms with van der Waals surface area (Å²) in [6, 6.07) is 10.8. The zero-order valence-corrected chi connectivity index (χ0v) is 17.7. The minimum Gasteiger partial charge on any atom is -0.491 e. The summed E-state index contributed by atoms with van der Waals surface area (Å²) < 4.78 is 8.47. The molecule has 0 aliphatic heterocycles. The van der Waals surface area contributed by atoms with E-state index in [9.17, 15) is 5.11 Å². The van der Waals surface area contributed by atoms with Crippen molar-refractivity contribution in [1.29, 1.82) is 0 Å². The van der Waals surface area contributed by atoms with Gasteiger partial charge in [-0.3, -0.25) is 0 Å². The number of aryl methyl sites for hydroxylation is 4. The molecule has 1 heterocycles. The molecule has 0 radical (unpaired) electrons. The van der Waals surface area contributed by atoms with E-state index in [-0.39, 0.29) is 6.61 Å². The van der Waals surface area contributed by atoms with Gasteiger partial charge in [-0.15, -0.1) is 0 Å². The van der Waals surface area contributed by atoms with E-state index >= 15 is 0 Å². The smallest absolute Gasteiger partial charge is 0.123 e. The van der Waals surface area contributed by atoms with E-state index in [0.29, 0.717) is 12.5 Å². The maximum atomic E-state index is 9.25. The zero-order valence-electron chi connectivity index (χ0n) is 17.7. The molecule has 0 fully saturated rings. The average Bonchev–Trinajstić information content (AvgIpc) is 2.97. The number of rotatable bonds is 8. The van der Waals surface area contributed by atoms with Gasteiger partial charge in [0.05, 0.1) is 17.6 Å². The number of imidazole rings is 1. The molecule has 4 heteroatoms. The minimum atomic E-state index is 0.179. The Labute approximate surface area is 168 Å². The Morgan fingerprint density at radius 2 is 1.82 bits per heavy atom. The Kier molecular flexibility index (Phi) is 6.40. The molecule has 150 valence electrons. The minimum absolute atomic E-state index is 0.179. The number of ether oxygens (including phenoxy) is 1. The zero-order chi connectivity index (χ0) is 20.3. The third-order valence-electron chi connectivity index (χ3n) is 5.36. The molecule has 0 amide bonds. The summed E-state index contributed by atoms with van der Waals surface area (Å²) in [6.45, 7) is 12.3. The summed E-state index contributed by atoms with van der Waals surface area (Å²) in [5.41, 5.74) is 7.14. The highest BCUT2D eigenvalue weighted by atomic mass is 16.5. The van der Waals surface area contributed by atoms with Gasteiger partial charge in [0.15, 0.2) is 0 Å². The number of aromatic nitrogens is 2. The van der Waals surface area contributed by atoms with Crippen LogP contribution in [-0.2, 0) is 13.0 Å². The predicted molar refractivity (Wildman–Crippen MR) is 115 cm³/mol. The first-order valence-electron chi connectivity index (χ1n) is 10.2. The highest BCUT2D eigenvalue weighted by Crippen LogP contribution is 2.28. The normalized spacial score (nSPS) is 11.5. The number of hydrogen-bond donors (Lipinski definition) is 1. The molecule has 0 aliphatic rings. The second-order valence-corrected chi connectivity index (χ2v) is 7.98. The summed E-state index contributed by atoms with van der Waals surface area (Å²) in [5, 5.41) is 9.25. The molecule has 0 saturated heterocycles. The highest BCUT2D eigenvalue weighted by Gasteiger charge is 2.13. The summed E-state index contributed by atoms with van der Waals surface area (Å²) in [4.78, 5) is 4.83. The van der Waals surface area contributed by atoms with Crippen molar-refractivity contribution in [1.82, 2.24) is 9.55 Å². The van der Waals surface area contributed by atoms with Crippen LogP contribution in [0.2, 0.25) is 0 Å². The van der Waals surface area contributed by atoms with Crippen LogP contribution in [0, 0.1) is 20.8 Å². The molecule has 0 aliphatic carbocycles. The van der Waals surface area contributed by atoms with Crippen molar-refractivity contribution in [2.45, 2.75) is 59.9 Å². The first-order valence-corrected chi connectivity index (χ1v) is 10.2. The van der Waals surface area contributed by atoms with Crippen LogP contribution in [-0.4, -0.2) is 27.9 Å². The second-order valence-electron chi connectivity index (χ2n) is 7.98. The van der Waals surface area contributed by atoms with E-state index in [1.165, 1.54) is 22.3 Å². The Morgan fingerprint density at radius 3 is 2.54 bits per heavy atom. The lowest BCUT2D eigenvalue weighted by Gasteiger charge is -2.16. The Morgan fingerprint density at radius 1 is 1.07 bits per heavy atom. The van der Waals surface area contributed by atoms with Crippen LogP contribution in [0.4, 0.5) is 0 Å². The lowest BCUT2D eigenvalue weighted by molar-refractivity contribution is 0.282. The lowest BCUT2D eigenvalue weighted by atomic mass is 10.0. The van der Waals surface area contributed by atoms with E-state index in [1.54, 1.807) is 0 Å². The Balaban J connectivity index is 1.85. The van der Waals surface area contributed by atoms with Crippen LogP contribution < -0.4 is 4.74 Å². The topological polar surface area (TPSA) is 47.3 Å². The fourth-order valence-electron chi connectivity index (χ4n) is 3.60. The Hall–Kier alpha value is -2.33. The van der Waals surface area contributed by atoms with Crippen molar-refractivity contribution in [3.8, 4) is 5.75 Å². The molecule has 0 bridgehead atoms. The molecule has 0 spiro atoms. The van der Waals surface area contributed by atoms with E-state index < -0.39 is 0 Å². The fraction of sp³-hybridized carbons (Fsp3) is 0.458. The molecule has 4 nitrogen and oxygen atoms in total. The summed E-state index contributed by atoms with van der Waals surface area (Å²) >= 11 is 0. The average molecular weight is 381 g/mol. The molecule has 28 heavy (non-hydrogen) atoms. The van der Waals surface area contributed by atoms with Gasteiger partial charge in [-0.1, -0.05) is 26.0 Å². The largest absolute Gasteiger partial charge is 0.491 e. The van der Waals surface area contributed by atoms with Gasteiger partial charge in [0, 0.05) is 13.0 Å². The predicted octanol–water partition coefficient (Wildman–Crippen LogP) is 5.09. The number of benzene rings is 2. The third kappa shape index (κ3) is 4.39. The standard InChI is InChI=1S/C24H32N2O2/c1-16(2)20-9-8-17(3)13-23(20)28-12-10-26-22-15-19(5)18(4)14-21(22)25-24(26)7-6-11-27/h8-9,13-16,27H,6-7,10-12H2,1-5H3. The van der Waals surface area contributed by atoms with Gasteiger partial charge in [0.1, 0.15) is 18.2 Å². The maximum Gasteiger partial charge on any atom is 0.123 e. The van der Waals surface area contributed by atoms with Crippen LogP contribution in [0.25, 0.3) is 11.0 Å². The molecular formula is C24H32N2O2. The van der Waals surface area contributed by atoms with Crippen LogP contribution in [0.3, 0.4) is 0 Å². The van der Waals surface area contributed by atoms with Gasteiger partial charge in [0.2, 0.25) is 0 Å². The van der Waals surface area contributed by atoms with E-state index in [0.717, 1.165) is 42.0 Å². The first kappa shape index (κ1) is 20.4. The fourth-order valence-corrected chi connectivity index (χ4v) is 3.60. The summed E-state index contributed by atoms with van der Waals surface area (Å²) in [5.74, 6) is 2.42. The summed E-state index contributed by atoms with van der Waals surface area (Å²) in [7, 11) is 0. The van der Waals surface area contributed by atoms with Gasteiger partial charge in [0.25, 0.3) is 0 Å². The van der Waals surface area contributed by atoms with Gasteiger partial charge in [-0.25, -0.2) is 4.98 Å². The van der Waals surface area contributed by atoms with Crippen LogP contribution in [0.5, 0.6) is 5.75 Å². The number of nitrogens with zero attached hydrogens (tertiary/aromatic N) is 2. The molecular weight excluding hydrogens is 348 g/mol. The number of hydrogen-bond acceptors (Lipinski definition) is 3. The van der Waals surface area contributed by atoms with Crippen LogP contribution in [0.1, 0.15) is 54.3 Å². The number of aliphatic hydroxyl groups is 1. The van der Waals surface area contributed by atoms with Crippen molar-refractivity contribution < 1.29 is 9.84 Å². The molecule has 2 aromatic carbocycles. The molecule has 0 atom stereocenters. The molecule has 3 rings (SSSR count). The van der Waals surface area contributed by atoms with Gasteiger partial charge >= 0.3 is 0 Å². The first-order chi connectivity index (χ1) is 13.4. The van der Waals surface area contributed by atoms with E-state index in [2.05, 4.69) is 69.5 Å². The van der Waals surface area contributed by atoms with Gasteiger partial charge in [-0.2, -0.15) is 0 Å². The Bertz CT molecular complexity index is 957. The SMILES string of the molecule is Cc1ccc(C(C)C)c(OCCn2c(CCCO)nc3cc(C)c(C)cc32)c1. The van der Waals surface area contributed by atoms with Gasteiger partial charge < -0.3 is 14.4 Å². The maximum absolute atomic E-state index is 9.25. The van der Waals surface area contributed by atoms with Crippen LogP contribution in [0.15, 0.2) is 30.3 Å². The van der Waals surface area contributed by atoms with Gasteiger partial charge in [-0.05, 0) is 73.6 Å². The molecule has 0 saturated carbocycles. The summed E-state index contributed by atoms with van der Waals surface area (Å²) in [6.07, 6.45) is 1.49. The number of fused-ring (bicyclic) bond motifs is 1. The monoisotopic (exact) mass is 380 g/mol. The van der Waals surface area contributed by atoms with Crippen molar-refractivity contribution in [3.05, 3.63) is 58.4 Å². The van der Waals surface area contributed by atoms with Crippen LogP contribution >= 0.6 is 0 Å². The molecule has 1 aromatic heterocycles. The highest BCUT2D eigenvalue weighted by molar-refractivity contribution is 5.78. The second kappa shape index (κ2) is 8.78. The van der Waals surface area contributed by atoms with E-state index in [1.807, 2.05) is 0 Å². The molecule has 3 aromatic rings. The number of aliphatic hydroxyl groups excluding tert-OH is 1. The van der Waals surface area contributed by atoms with Crippen molar-refractivity contribution >= 4 is 11.0 Å². The van der Waals surface area contributed by atoms with Crippen molar-refractivity contribution in [2.75, 3.05) is 13.2 Å². The quantitative estimate of drug-likeness (QED) is 0.592. The lowest BCUT2D eigenvalue weighted by Crippen LogP contribution is -2.12. The van der Waals surface area contributed by atoms with Crippen molar-refractivity contribution in [2.24, 2.45) is 0 Å². The van der Waals surface area contributed by atoms with E-state index in [4.69, 9.17) is 9.72 Å². The van der Waals surface area contributed by atoms with Crippen molar-refractivity contribution in [3.63, 3.8) is 0 Å². The third-order valence-corrected chi connectivity index (χ3v) is 5.36. The molecule has 0 unspecified atom stereocenters. The molecule has 1 N–H and O–H groups in total.